The van der Waals surface area contributed by atoms with Gasteiger partial charge in [-0.15, -0.1) is 0 Å². The van der Waals surface area contributed by atoms with Crippen LogP contribution in [0.4, 0.5) is 0 Å². The number of halogens is 2. The first-order valence-corrected chi connectivity index (χ1v) is 7.54. The monoisotopic (exact) mass is 316 g/mol. The van der Waals surface area contributed by atoms with Crippen LogP contribution >= 0.6 is 23.2 Å². The highest BCUT2D eigenvalue weighted by Gasteiger charge is 2.19. The molecule has 1 amide bonds. The van der Waals surface area contributed by atoms with E-state index >= 15 is 0 Å². The van der Waals surface area contributed by atoms with Crippen LogP contribution in [0.5, 0.6) is 0 Å². The maximum atomic E-state index is 12.1. The number of carbonyl (C=O) groups is 1. The Morgan fingerprint density at radius 3 is 2.55 bits per heavy atom. The summed E-state index contributed by atoms with van der Waals surface area (Å²) in [7, 11) is 1.80. The minimum atomic E-state index is -0.0810. The molecule has 3 nitrogen and oxygen atoms in total. The van der Waals surface area contributed by atoms with Crippen LogP contribution in [0, 0.1) is 0 Å². The first-order chi connectivity index (χ1) is 9.32. The van der Waals surface area contributed by atoms with Crippen molar-refractivity contribution in [2.24, 2.45) is 5.73 Å². The molecule has 0 fully saturated rings. The van der Waals surface area contributed by atoms with Crippen LogP contribution in [0.15, 0.2) is 18.2 Å². The summed E-state index contributed by atoms with van der Waals surface area (Å²) in [5.74, 6) is 0.101. The van der Waals surface area contributed by atoms with Gasteiger partial charge in [0.1, 0.15) is 0 Å². The zero-order chi connectivity index (χ0) is 15.3. The number of rotatable bonds is 6. The topological polar surface area (TPSA) is 46.3 Å². The van der Waals surface area contributed by atoms with Gasteiger partial charge in [0.25, 0.3) is 0 Å². The van der Waals surface area contributed by atoms with Crippen molar-refractivity contribution < 1.29 is 4.79 Å². The molecule has 1 aromatic rings. The van der Waals surface area contributed by atoms with Crippen LogP contribution in [-0.4, -0.2) is 23.9 Å². The number of hydrogen-bond acceptors (Lipinski definition) is 2. The summed E-state index contributed by atoms with van der Waals surface area (Å²) < 4.78 is 0. The SMILES string of the molecule is CC(N)CCCC(=O)N(C)C(C)c1ccc(Cl)cc1Cl. The molecular weight excluding hydrogens is 295 g/mol. The summed E-state index contributed by atoms with van der Waals surface area (Å²) in [5.41, 5.74) is 6.59. The van der Waals surface area contributed by atoms with Crippen molar-refractivity contribution in [2.45, 2.75) is 45.2 Å². The molecule has 112 valence electrons. The molecule has 1 aromatic carbocycles. The molecule has 2 atom stereocenters. The Hall–Kier alpha value is -0.770. The average Bonchev–Trinajstić information content (AvgIpc) is 2.36. The van der Waals surface area contributed by atoms with E-state index in [2.05, 4.69) is 0 Å². The van der Waals surface area contributed by atoms with Gasteiger partial charge >= 0.3 is 0 Å². The Morgan fingerprint density at radius 1 is 1.35 bits per heavy atom. The molecule has 0 heterocycles. The van der Waals surface area contributed by atoms with Crippen LogP contribution in [0.1, 0.15) is 44.7 Å². The van der Waals surface area contributed by atoms with Gasteiger partial charge in [-0.25, -0.2) is 0 Å². The molecule has 20 heavy (non-hydrogen) atoms. The number of hydrogen-bond donors (Lipinski definition) is 1. The first kappa shape index (κ1) is 17.3. The maximum absolute atomic E-state index is 12.1. The van der Waals surface area contributed by atoms with E-state index in [0.717, 1.165) is 18.4 Å². The van der Waals surface area contributed by atoms with Crippen LogP contribution in [-0.2, 0) is 4.79 Å². The Morgan fingerprint density at radius 2 is 2.00 bits per heavy atom. The number of amides is 1. The molecule has 0 aliphatic rings. The lowest BCUT2D eigenvalue weighted by Gasteiger charge is -2.26. The third-order valence-electron chi connectivity index (χ3n) is 3.44. The van der Waals surface area contributed by atoms with Crippen molar-refractivity contribution in [3.8, 4) is 0 Å². The highest BCUT2D eigenvalue weighted by Crippen LogP contribution is 2.29. The lowest BCUT2D eigenvalue weighted by Crippen LogP contribution is -2.30. The second kappa shape index (κ2) is 7.87. The van der Waals surface area contributed by atoms with Crippen LogP contribution in [0.3, 0.4) is 0 Å². The molecule has 0 bridgehead atoms. The number of carbonyl (C=O) groups excluding carboxylic acids is 1. The minimum absolute atomic E-state index is 0.0810. The average molecular weight is 317 g/mol. The highest BCUT2D eigenvalue weighted by atomic mass is 35.5. The summed E-state index contributed by atoms with van der Waals surface area (Å²) >= 11 is 12.1. The zero-order valence-corrected chi connectivity index (χ0v) is 13.7. The van der Waals surface area contributed by atoms with Crippen molar-refractivity contribution in [3.63, 3.8) is 0 Å². The predicted octanol–water partition coefficient (Wildman–Crippen LogP) is 4.03. The second-order valence-corrected chi connectivity index (χ2v) is 6.06. The van der Waals surface area contributed by atoms with E-state index in [9.17, 15) is 4.79 Å². The molecule has 0 aromatic heterocycles. The van der Waals surface area contributed by atoms with Gasteiger partial charge in [-0.3, -0.25) is 4.79 Å². The fraction of sp³-hybridized carbons (Fsp3) is 0.533. The van der Waals surface area contributed by atoms with E-state index in [0.29, 0.717) is 16.5 Å². The smallest absolute Gasteiger partial charge is 0.222 e. The Bertz CT molecular complexity index is 463. The number of nitrogens with two attached hydrogens (primary N) is 1. The normalized spacial score (nSPS) is 13.9. The summed E-state index contributed by atoms with van der Waals surface area (Å²) in [5, 5.41) is 1.18. The molecule has 2 N–H and O–H groups in total. The molecule has 0 spiro atoms. The van der Waals surface area contributed by atoms with E-state index in [1.165, 1.54) is 0 Å². The molecule has 1 rings (SSSR count). The van der Waals surface area contributed by atoms with Crippen LogP contribution in [0.25, 0.3) is 0 Å². The fourth-order valence-electron chi connectivity index (χ4n) is 2.02. The summed E-state index contributed by atoms with van der Waals surface area (Å²) in [6.45, 7) is 3.91. The third-order valence-corrected chi connectivity index (χ3v) is 4.00. The molecule has 0 saturated heterocycles. The lowest BCUT2D eigenvalue weighted by atomic mass is 10.1. The minimum Gasteiger partial charge on any atom is -0.339 e. The molecule has 0 aliphatic heterocycles. The van der Waals surface area contributed by atoms with Gasteiger partial charge in [0.15, 0.2) is 0 Å². The van der Waals surface area contributed by atoms with Gasteiger partial charge < -0.3 is 10.6 Å². The molecular formula is C15H22Cl2N2O. The molecule has 0 saturated carbocycles. The quantitative estimate of drug-likeness (QED) is 0.861. The van der Waals surface area contributed by atoms with Crippen molar-refractivity contribution in [2.75, 3.05) is 7.05 Å². The first-order valence-electron chi connectivity index (χ1n) is 6.79. The van der Waals surface area contributed by atoms with E-state index < -0.39 is 0 Å². The van der Waals surface area contributed by atoms with Gasteiger partial charge in [-0.2, -0.15) is 0 Å². The highest BCUT2D eigenvalue weighted by molar-refractivity contribution is 6.35. The van der Waals surface area contributed by atoms with Gasteiger partial charge in [-0.05, 0) is 44.4 Å². The van der Waals surface area contributed by atoms with Gasteiger partial charge in [0, 0.05) is 29.6 Å². The summed E-state index contributed by atoms with van der Waals surface area (Å²) in [6, 6.07) is 5.40. The molecule has 2 unspecified atom stereocenters. The fourth-order valence-corrected chi connectivity index (χ4v) is 2.58. The van der Waals surface area contributed by atoms with E-state index in [-0.39, 0.29) is 18.0 Å². The molecule has 0 radical (unpaired) electrons. The molecule has 5 heteroatoms. The van der Waals surface area contributed by atoms with Crippen LogP contribution in [0.2, 0.25) is 10.0 Å². The van der Waals surface area contributed by atoms with Gasteiger partial charge in [0.05, 0.1) is 6.04 Å². The Kier molecular flexibility index (Phi) is 6.80. The van der Waals surface area contributed by atoms with E-state index in [4.69, 9.17) is 28.9 Å². The van der Waals surface area contributed by atoms with Crippen molar-refractivity contribution in [1.29, 1.82) is 0 Å². The van der Waals surface area contributed by atoms with Crippen LogP contribution < -0.4 is 5.73 Å². The lowest BCUT2D eigenvalue weighted by molar-refractivity contribution is -0.131. The van der Waals surface area contributed by atoms with E-state index in [1.54, 1.807) is 24.1 Å². The Balaban J connectivity index is 2.65. The third kappa shape index (κ3) is 4.97. The molecule has 0 aliphatic carbocycles. The summed E-state index contributed by atoms with van der Waals surface area (Å²) in [4.78, 5) is 13.9. The van der Waals surface area contributed by atoms with Crippen molar-refractivity contribution >= 4 is 29.1 Å². The summed E-state index contributed by atoms with van der Waals surface area (Å²) in [6.07, 6.45) is 2.17. The van der Waals surface area contributed by atoms with Gasteiger partial charge in [-0.1, -0.05) is 29.3 Å². The largest absolute Gasteiger partial charge is 0.339 e. The maximum Gasteiger partial charge on any atom is 0.222 e. The number of benzene rings is 1. The van der Waals surface area contributed by atoms with E-state index in [1.807, 2.05) is 19.9 Å². The van der Waals surface area contributed by atoms with Gasteiger partial charge in [0.2, 0.25) is 5.91 Å². The second-order valence-electron chi connectivity index (χ2n) is 5.22. The number of nitrogens with zero attached hydrogens (tertiary/aromatic N) is 1. The zero-order valence-electron chi connectivity index (χ0n) is 12.2. The Labute approximate surface area is 131 Å². The van der Waals surface area contributed by atoms with Crippen molar-refractivity contribution in [3.05, 3.63) is 33.8 Å². The standard InChI is InChI=1S/C15H22Cl2N2O/c1-10(18)5-4-6-15(20)19(3)11(2)13-8-7-12(16)9-14(13)17/h7-11H,4-6,18H2,1-3H3. The van der Waals surface area contributed by atoms with Crippen molar-refractivity contribution in [1.82, 2.24) is 4.90 Å². The predicted molar refractivity (Wildman–Crippen MR) is 85.1 cm³/mol.